The third-order valence-corrected chi connectivity index (χ3v) is 3.05. The van der Waals surface area contributed by atoms with Gasteiger partial charge >= 0.3 is 0 Å². The number of carbonyl (C=O) groups is 1. The summed E-state index contributed by atoms with van der Waals surface area (Å²) in [7, 11) is 0. The van der Waals surface area contributed by atoms with Crippen LogP contribution in [-0.4, -0.2) is 15.6 Å². The molecule has 0 spiro atoms. The minimum Gasteiger partial charge on any atom is -0.308 e. The second-order valence-electron chi connectivity index (χ2n) is 2.80. The molecular weight excluding hydrogens is 230 g/mol. The number of benzene rings is 1. The lowest BCUT2D eigenvalue weighted by molar-refractivity contribution is 0.265. The van der Waals surface area contributed by atoms with Crippen molar-refractivity contribution in [3.63, 3.8) is 0 Å². The average molecular weight is 237 g/mol. The number of nitrogens with zero attached hydrogens (tertiary/aromatic N) is 2. The maximum absolute atomic E-state index is 10.9. The van der Waals surface area contributed by atoms with Crippen LogP contribution in [0.3, 0.4) is 0 Å². The number of rotatable bonds is 2. The number of thiocarbonyl (C=S) groups is 1. The predicted octanol–water partition coefficient (Wildman–Crippen LogP) is 2.88. The molecular formula is C9H7N3OS2. The molecule has 1 saturated heterocycles. The topological polar surface area (TPSA) is 53.8 Å². The van der Waals surface area contributed by atoms with Gasteiger partial charge in [-0.05, 0) is 23.9 Å². The minimum atomic E-state index is -0.382. The third-order valence-electron chi connectivity index (χ3n) is 1.70. The van der Waals surface area contributed by atoms with E-state index in [1.165, 1.54) is 0 Å². The Bertz CT molecular complexity index is 419. The Kier molecular flexibility index (Phi) is 3.08. The van der Waals surface area contributed by atoms with Gasteiger partial charge in [0, 0.05) is 0 Å². The monoisotopic (exact) mass is 237 g/mol. The first-order chi connectivity index (χ1) is 7.25. The molecule has 1 heterocycles. The van der Waals surface area contributed by atoms with Gasteiger partial charge in [-0.25, -0.2) is 0 Å². The standard InChI is InChI=1S/C9H7N3OS2/c13-9-10-7(14)8(15-9)12-11-6-4-2-1-3-5-6/h1-5,8H,(H,10,13,14)/t8-/m0/s1. The SMILES string of the molecule is O=C1NC(=S)[C@@H](N=Nc2ccccc2)S1. The van der Waals surface area contributed by atoms with Crippen molar-refractivity contribution in [3.05, 3.63) is 30.3 Å². The zero-order chi connectivity index (χ0) is 10.7. The second kappa shape index (κ2) is 4.50. The first-order valence-corrected chi connectivity index (χ1v) is 5.52. The predicted molar refractivity (Wildman–Crippen MR) is 63.5 cm³/mol. The smallest absolute Gasteiger partial charge is 0.286 e. The fourth-order valence-corrected chi connectivity index (χ4v) is 2.02. The van der Waals surface area contributed by atoms with E-state index in [1.807, 2.05) is 30.3 Å². The highest BCUT2D eigenvalue weighted by atomic mass is 32.2. The molecule has 0 unspecified atom stereocenters. The lowest BCUT2D eigenvalue weighted by Gasteiger charge is -1.97. The molecule has 15 heavy (non-hydrogen) atoms. The van der Waals surface area contributed by atoms with Crippen molar-refractivity contribution in [2.24, 2.45) is 10.2 Å². The highest BCUT2D eigenvalue weighted by Gasteiger charge is 2.27. The minimum absolute atomic E-state index is 0.169. The highest BCUT2D eigenvalue weighted by Crippen LogP contribution is 2.23. The summed E-state index contributed by atoms with van der Waals surface area (Å²) in [4.78, 5) is 11.4. The first-order valence-electron chi connectivity index (χ1n) is 4.23. The van der Waals surface area contributed by atoms with Gasteiger partial charge in [-0.3, -0.25) is 4.79 Å². The molecule has 1 atom stereocenters. The molecule has 4 nitrogen and oxygen atoms in total. The molecule has 0 radical (unpaired) electrons. The van der Waals surface area contributed by atoms with Crippen LogP contribution in [0.2, 0.25) is 0 Å². The number of azo groups is 1. The summed E-state index contributed by atoms with van der Waals surface area (Å²) < 4.78 is 0. The largest absolute Gasteiger partial charge is 0.308 e. The first kappa shape index (κ1) is 10.3. The number of carbonyl (C=O) groups excluding carboxylic acids is 1. The van der Waals surface area contributed by atoms with E-state index in [9.17, 15) is 4.79 Å². The van der Waals surface area contributed by atoms with Crippen LogP contribution in [0.25, 0.3) is 0 Å². The molecule has 1 fully saturated rings. The van der Waals surface area contributed by atoms with Gasteiger partial charge in [0.15, 0.2) is 5.37 Å². The molecule has 0 bridgehead atoms. The van der Waals surface area contributed by atoms with Crippen LogP contribution in [0.4, 0.5) is 10.5 Å². The lowest BCUT2D eigenvalue weighted by Crippen LogP contribution is -2.20. The van der Waals surface area contributed by atoms with Crippen LogP contribution < -0.4 is 5.32 Å². The van der Waals surface area contributed by atoms with Gasteiger partial charge in [0.2, 0.25) is 0 Å². The number of thioether (sulfide) groups is 1. The fraction of sp³-hybridized carbons (Fsp3) is 0.111. The Morgan fingerprint density at radius 1 is 1.33 bits per heavy atom. The molecule has 0 saturated carbocycles. The summed E-state index contributed by atoms with van der Waals surface area (Å²) in [6, 6.07) is 9.32. The summed E-state index contributed by atoms with van der Waals surface area (Å²) in [5.74, 6) is 0. The lowest BCUT2D eigenvalue weighted by atomic mass is 10.3. The van der Waals surface area contributed by atoms with Crippen molar-refractivity contribution in [2.45, 2.75) is 5.37 Å². The van der Waals surface area contributed by atoms with E-state index >= 15 is 0 Å². The van der Waals surface area contributed by atoms with Crippen molar-refractivity contribution >= 4 is 39.9 Å². The van der Waals surface area contributed by atoms with Gasteiger partial charge < -0.3 is 5.32 Å². The zero-order valence-corrected chi connectivity index (χ0v) is 9.22. The summed E-state index contributed by atoms with van der Waals surface area (Å²) >= 11 is 5.97. The van der Waals surface area contributed by atoms with E-state index < -0.39 is 0 Å². The number of amides is 1. The molecule has 1 aliphatic heterocycles. The van der Waals surface area contributed by atoms with E-state index in [0.29, 0.717) is 4.99 Å². The molecule has 0 aliphatic carbocycles. The quantitative estimate of drug-likeness (QED) is 0.635. The summed E-state index contributed by atoms with van der Waals surface area (Å²) in [5, 5.41) is 9.94. The van der Waals surface area contributed by atoms with Crippen molar-refractivity contribution in [2.75, 3.05) is 0 Å². The molecule has 76 valence electrons. The van der Waals surface area contributed by atoms with E-state index in [0.717, 1.165) is 17.4 Å². The van der Waals surface area contributed by atoms with Gasteiger partial charge in [-0.2, -0.15) is 10.2 Å². The number of hydrogen-bond donors (Lipinski definition) is 1. The molecule has 1 aliphatic rings. The van der Waals surface area contributed by atoms with E-state index in [-0.39, 0.29) is 10.6 Å². The van der Waals surface area contributed by atoms with Gasteiger partial charge in [-0.15, -0.1) is 0 Å². The van der Waals surface area contributed by atoms with Crippen LogP contribution >= 0.6 is 24.0 Å². The van der Waals surface area contributed by atoms with Crippen molar-refractivity contribution < 1.29 is 4.79 Å². The second-order valence-corrected chi connectivity index (χ2v) is 4.29. The van der Waals surface area contributed by atoms with Gasteiger partial charge in [-0.1, -0.05) is 30.4 Å². The Morgan fingerprint density at radius 2 is 2.07 bits per heavy atom. The molecule has 0 aromatic heterocycles. The normalized spacial score (nSPS) is 20.9. The number of hydrogen-bond acceptors (Lipinski definition) is 5. The summed E-state index contributed by atoms with van der Waals surface area (Å²) in [6.07, 6.45) is 0. The molecule has 1 N–H and O–H groups in total. The Balaban J connectivity index is 2.06. The van der Waals surface area contributed by atoms with Crippen molar-refractivity contribution in [3.8, 4) is 0 Å². The van der Waals surface area contributed by atoms with Crippen LogP contribution in [0.15, 0.2) is 40.6 Å². The maximum atomic E-state index is 10.9. The van der Waals surface area contributed by atoms with Gasteiger partial charge in [0.05, 0.1) is 5.69 Å². The van der Waals surface area contributed by atoms with Gasteiger partial charge in [0.1, 0.15) is 4.99 Å². The maximum Gasteiger partial charge on any atom is 0.286 e. The van der Waals surface area contributed by atoms with E-state index in [4.69, 9.17) is 12.2 Å². The Hall–Kier alpha value is -1.27. The Morgan fingerprint density at radius 3 is 2.67 bits per heavy atom. The average Bonchev–Trinajstić information content (AvgIpc) is 2.56. The van der Waals surface area contributed by atoms with E-state index in [1.54, 1.807) is 0 Å². The van der Waals surface area contributed by atoms with Crippen molar-refractivity contribution in [1.29, 1.82) is 0 Å². The Labute approximate surface area is 96.2 Å². The fourth-order valence-electron chi connectivity index (χ4n) is 1.04. The van der Waals surface area contributed by atoms with Crippen LogP contribution in [-0.2, 0) is 0 Å². The van der Waals surface area contributed by atoms with Gasteiger partial charge in [0.25, 0.3) is 5.24 Å². The summed E-state index contributed by atoms with van der Waals surface area (Å²) in [6.45, 7) is 0. The van der Waals surface area contributed by atoms with Crippen LogP contribution in [0, 0.1) is 0 Å². The molecule has 1 amide bonds. The summed E-state index contributed by atoms with van der Waals surface area (Å²) in [5.41, 5.74) is 0.750. The van der Waals surface area contributed by atoms with Crippen LogP contribution in [0.5, 0.6) is 0 Å². The van der Waals surface area contributed by atoms with E-state index in [2.05, 4.69) is 15.5 Å². The zero-order valence-electron chi connectivity index (χ0n) is 7.58. The molecule has 1 aromatic carbocycles. The van der Waals surface area contributed by atoms with Crippen LogP contribution in [0.1, 0.15) is 0 Å². The molecule has 2 rings (SSSR count). The number of nitrogens with one attached hydrogen (secondary N) is 1. The molecule has 6 heteroatoms. The third kappa shape index (κ3) is 2.60. The highest BCUT2D eigenvalue weighted by molar-refractivity contribution is 8.16. The molecule has 1 aromatic rings. The van der Waals surface area contributed by atoms with Crippen molar-refractivity contribution in [1.82, 2.24) is 5.32 Å².